The Hall–Kier alpha value is -3.39. The molecule has 2 N–H and O–H groups in total. The van der Waals surface area contributed by atoms with E-state index in [4.69, 9.17) is 21.4 Å². The summed E-state index contributed by atoms with van der Waals surface area (Å²) < 4.78 is 6.70. The zero-order chi connectivity index (χ0) is 22.1. The third-order valence-corrected chi connectivity index (χ3v) is 4.46. The number of carboxylic acids is 1. The lowest BCUT2D eigenvalue weighted by Crippen LogP contribution is -2.26. The van der Waals surface area contributed by atoms with Crippen LogP contribution < -0.4 is 5.32 Å². The Bertz CT molecular complexity index is 1150. The van der Waals surface area contributed by atoms with E-state index in [-0.39, 0.29) is 22.7 Å². The minimum atomic E-state index is -1.17. The molecule has 0 bridgehead atoms. The fourth-order valence-electron chi connectivity index (χ4n) is 2.81. The molecular formula is C21H20ClN3O5. The summed E-state index contributed by atoms with van der Waals surface area (Å²) >= 11 is 5.92. The molecule has 8 nitrogen and oxygen atoms in total. The molecule has 3 rings (SSSR count). The van der Waals surface area contributed by atoms with E-state index < -0.39 is 23.6 Å². The molecule has 0 aliphatic rings. The molecule has 156 valence electrons. The molecule has 0 atom stereocenters. The first-order chi connectivity index (χ1) is 14.1. The van der Waals surface area contributed by atoms with E-state index in [1.165, 1.54) is 29.1 Å². The Morgan fingerprint density at radius 1 is 1.20 bits per heavy atom. The van der Waals surface area contributed by atoms with Crippen molar-refractivity contribution in [2.75, 3.05) is 0 Å². The second kappa shape index (κ2) is 8.16. The van der Waals surface area contributed by atoms with E-state index in [1.54, 1.807) is 39.0 Å². The van der Waals surface area contributed by atoms with Gasteiger partial charge in [-0.1, -0.05) is 23.7 Å². The fraction of sp³-hybridized carbons (Fsp3) is 0.238. The molecule has 0 aliphatic carbocycles. The van der Waals surface area contributed by atoms with Crippen LogP contribution in [0.2, 0.25) is 5.02 Å². The first-order valence-electron chi connectivity index (χ1n) is 9.06. The molecule has 1 aromatic heterocycles. The van der Waals surface area contributed by atoms with Crippen LogP contribution >= 0.6 is 11.6 Å². The second-order valence-electron chi connectivity index (χ2n) is 7.56. The van der Waals surface area contributed by atoms with Gasteiger partial charge in [-0.2, -0.15) is 0 Å². The van der Waals surface area contributed by atoms with Crippen LogP contribution in [0.5, 0.6) is 0 Å². The van der Waals surface area contributed by atoms with Crippen molar-refractivity contribution in [3.05, 3.63) is 64.4 Å². The standard InChI is InChI=1S/C21H20ClN3O5/c1-21(2,3)30-20(29)25-11-24-17-13(5-4-6-16(17)25)10-23-18(26)12-7-8-14(19(27)28)15(22)9-12/h4-9,11H,10H2,1-3H3,(H,23,26)(H,27,28). The number of para-hydroxylation sites is 1. The van der Waals surface area contributed by atoms with Crippen molar-refractivity contribution >= 4 is 40.6 Å². The van der Waals surface area contributed by atoms with Gasteiger partial charge < -0.3 is 15.2 Å². The van der Waals surface area contributed by atoms with Gasteiger partial charge in [0.2, 0.25) is 0 Å². The quantitative estimate of drug-likeness (QED) is 0.645. The molecule has 0 spiro atoms. The van der Waals surface area contributed by atoms with Crippen LogP contribution in [0, 0.1) is 0 Å². The van der Waals surface area contributed by atoms with Crippen LogP contribution in [0.25, 0.3) is 11.0 Å². The van der Waals surface area contributed by atoms with E-state index in [1.807, 2.05) is 0 Å². The maximum atomic E-state index is 12.4. The van der Waals surface area contributed by atoms with Gasteiger partial charge in [0.15, 0.2) is 0 Å². The summed E-state index contributed by atoms with van der Waals surface area (Å²) in [7, 11) is 0. The molecule has 9 heteroatoms. The number of hydrogen-bond donors (Lipinski definition) is 2. The molecule has 0 saturated heterocycles. The third-order valence-electron chi connectivity index (χ3n) is 4.15. The minimum Gasteiger partial charge on any atom is -0.478 e. The number of aromatic carboxylic acids is 1. The highest BCUT2D eigenvalue weighted by Crippen LogP contribution is 2.21. The Morgan fingerprint density at radius 2 is 1.93 bits per heavy atom. The predicted molar refractivity (Wildman–Crippen MR) is 111 cm³/mol. The summed E-state index contributed by atoms with van der Waals surface area (Å²) in [6.07, 6.45) is 0.841. The average Bonchev–Trinajstić information content (AvgIpc) is 3.09. The average molecular weight is 430 g/mol. The van der Waals surface area contributed by atoms with Gasteiger partial charge >= 0.3 is 12.1 Å². The SMILES string of the molecule is CC(C)(C)OC(=O)n1cnc2c(CNC(=O)c3ccc(C(=O)O)c(Cl)c3)cccc21. The molecule has 30 heavy (non-hydrogen) atoms. The van der Waals surface area contributed by atoms with Crippen molar-refractivity contribution < 1.29 is 24.2 Å². The number of ether oxygens (including phenoxy) is 1. The number of fused-ring (bicyclic) bond motifs is 1. The molecule has 0 saturated carbocycles. The van der Waals surface area contributed by atoms with Gasteiger partial charge in [0.05, 0.1) is 21.6 Å². The summed E-state index contributed by atoms with van der Waals surface area (Å²) in [4.78, 5) is 40.2. The molecule has 3 aromatic rings. The normalized spacial score (nSPS) is 11.3. The number of halogens is 1. The Morgan fingerprint density at radius 3 is 2.57 bits per heavy atom. The number of imidazole rings is 1. The number of carboxylic acid groups (broad SMARTS) is 1. The summed E-state index contributed by atoms with van der Waals surface area (Å²) in [5.74, 6) is -1.59. The van der Waals surface area contributed by atoms with Crippen molar-refractivity contribution in [1.29, 1.82) is 0 Å². The maximum absolute atomic E-state index is 12.4. The number of benzene rings is 2. The zero-order valence-corrected chi connectivity index (χ0v) is 17.4. The molecule has 0 aliphatic heterocycles. The van der Waals surface area contributed by atoms with Crippen molar-refractivity contribution in [2.45, 2.75) is 32.9 Å². The zero-order valence-electron chi connectivity index (χ0n) is 16.6. The molecule has 0 radical (unpaired) electrons. The lowest BCUT2D eigenvalue weighted by atomic mass is 10.1. The number of hydrogen-bond acceptors (Lipinski definition) is 5. The van der Waals surface area contributed by atoms with Crippen molar-refractivity contribution in [3.8, 4) is 0 Å². The Kier molecular flexibility index (Phi) is 5.80. The van der Waals surface area contributed by atoms with Crippen molar-refractivity contribution in [2.24, 2.45) is 0 Å². The third kappa shape index (κ3) is 4.60. The summed E-state index contributed by atoms with van der Waals surface area (Å²) in [5.41, 5.74) is 1.34. The van der Waals surface area contributed by atoms with E-state index in [0.29, 0.717) is 16.6 Å². The largest absolute Gasteiger partial charge is 0.478 e. The van der Waals surface area contributed by atoms with Gasteiger partial charge in [0.25, 0.3) is 5.91 Å². The summed E-state index contributed by atoms with van der Waals surface area (Å²) in [6.45, 7) is 5.49. The fourth-order valence-corrected chi connectivity index (χ4v) is 3.07. The smallest absolute Gasteiger partial charge is 0.420 e. The van der Waals surface area contributed by atoms with Gasteiger partial charge in [0, 0.05) is 12.1 Å². The van der Waals surface area contributed by atoms with Crippen molar-refractivity contribution in [3.63, 3.8) is 0 Å². The van der Waals surface area contributed by atoms with Gasteiger partial charge in [0.1, 0.15) is 11.9 Å². The number of nitrogens with one attached hydrogen (secondary N) is 1. The lowest BCUT2D eigenvalue weighted by Gasteiger charge is -2.19. The molecular weight excluding hydrogens is 410 g/mol. The second-order valence-corrected chi connectivity index (χ2v) is 7.97. The first-order valence-corrected chi connectivity index (χ1v) is 9.44. The number of aromatic nitrogens is 2. The van der Waals surface area contributed by atoms with Crippen LogP contribution in [0.1, 0.15) is 47.1 Å². The highest BCUT2D eigenvalue weighted by atomic mass is 35.5. The van der Waals surface area contributed by atoms with Crippen LogP contribution in [-0.4, -0.2) is 38.2 Å². The monoisotopic (exact) mass is 429 g/mol. The van der Waals surface area contributed by atoms with Gasteiger partial charge in [-0.3, -0.25) is 4.79 Å². The van der Waals surface area contributed by atoms with Gasteiger partial charge in [-0.05, 0) is 50.6 Å². The molecule has 0 unspecified atom stereocenters. The highest BCUT2D eigenvalue weighted by Gasteiger charge is 2.20. The first kappa shape index (κ1) is 21.3. The van der Waals surface area contributed by atoms with Crippen LogP contribution in [0.15, 0.2) is 42.7 Å². The summed E-state index contributed by atoms with van der Waals surface area (Å²) in [6, 6.07) is 9.26. The Balaban J connectivity index is 1.78. The number of rotatable bonds is 4. The lowest BCUT2D eigenvalue weighted by molar-refractivity contribution is 0.0542. The predicted octanol–water partition coefficient (Wildman–Crippen LogP) is 4.10. The highest BCUT2D eigenvalue weighted by molar-refractivity contribution is 6.33. The molecule has 1 amide bonds. The van der Waals surface area contributed by atoms with Crippen molar-refractivity contribution in [1.82, 2.24) is 14.9 Å². The van der Waals surface area contributed by atoms with E-state index >= 15 is 0 Å². The number of carbonyl (C=O) groups is 3. The van der Waals surface area contributed by atoms with Gasteiger partial charge in [-0.15, -0.1) is 0 Å². The van der Waals surface area contributed by atoms with E-state index in [2.05, 4.69) is 10.3 Å². The minimum absolute atomic E-state index is 0.0200. The molecule has 1 heterocycles. The van der Waals surface area contributed by atoms with Crippen LogP contribution in [0.4, 0.5) is 4.79 Å². The summed E-state index contributed by atoms with van der Waals surface area (Å²) in [5, 5.41) is 11.8. The molecule has 0 fully saturated rings. The number of amides is 1. The number of nitrogens with zero attached hydrogens (tertiary/aromatic N) is 2. The van der Waals surface area contributed by atoms with E-state index in [9.17, 15) is 14.4 Å². The van der Waals surface area contributed by atoms with Crippen LogP contribution in [0.3, 0.4) is 0 Å². The van der Waals surface area contributed by atoms with Gasteiger partial charge in [-0.25, -0.2) is 19.1 Å². The molecule has 2 aromatic carbocycles. The Labute approximate surface area is 177 Å². The number of carbonyl (C=O) groups excluding carboxylic acids is 2. The van der Waals surface area contributed by atoms with Crippen LogP contribution in [-0.2, 0) is 11.3 Å². The van der Waals surface area contributed by atoms with E-state index in [0.717, 1.165) is 0 Å². The topological polar surface area (TPSA) is 111 Å². The maximum Gasteiger partial charge on any atom is 0.420 e.